The Labute approximate surface area is 528 Å². The summed E-state index contributed by atoms with van der Waals surface area (Å²) >= 11 is 0. The average Bonchev–Trinajstić information content (AvgIpc) is 3.82. The number of carboxylic acid groups (broad SMARTS) is 2. The quantitative estimate of drug-likeness (QED) is 0.0331. The zero-order valence-electron chi connectivity index (χ0n) is 52.7. The van der Waals surface area contributed by atoms with E-state index >= 15 is 0 Å². The number of aryl methyl sites for hydroxylation is 1. The molecule has 1 heterocycles. The van der Waals surface area contributed by atoms with Crippen LogP contribution < -0.4 is 37.5 Å². The molecule has 0 aliphatic heterocycles. The minimum Gasteiger partial charge on any atom is -0.481 e. The van der Waals surface area contributed by atoms with Crippen LogP contribution in [0.3, 0.4) is 0 Å². The number of Topliss-reactive ketones (excluding diaryl/α,β-unsaturated/α-hetero) is 2. The third-order valence-corrected chi connectivity index (χ3v) is 15.2. The molecule has 0 aliphatic rings. The number of unbranched alkanes of at least 4 members (excludes halogenated alkanes) is 13. The summed E-state index contributed by atoms with van der Waals surface area (Å²) in [5.41, 5.74) is 12.1. The smallest absolute Gasteiger partial charge is 0.326 e. The minimum absolute atomic E-state index is 0.0420. The fourth-order valence-electron chi connectivity index (χ4n) is 8.74. The van der Waals surface area contributed by atoms with Gasteiger partial charge in [0.1, 0.15) is 31.1 Å². The Morgan fingerprint density at radius 1 is 0.567 bits per heavy atom. The van der Waals surface area contributed by atoms with Crippen LogP contribution in [0.1, 0.15) is 197 Å². The van der Waals surface area contributed by atoms with E-state index in [0.29, 0.717) is 76.1 Å². The highest BCUT2D eigenvalue weighted by Crippen LogP contribution is 2.15. The Kier molecular flexibility index (Phi) is 46.5. The van der Waals surface area contributed by atoms with Gasteiger partial charge in [-0.15, -0.1) is 10.2 Å². The van der Waals surface area contributed by atoms with Crippen molar-refractivity contribution in [1.82, 2.24) is 46.6 Å². The summed E-state index contributed by atoms with van der Waals surface area (Å²) in [6.07, 6.45) is 18.2. The number of carboxylic acids is 2. The Bertz CT molecular complexity index is 2490. The number of ketones is 2. The van der Waals surface area contributed by atoms with Gasteiger partial charge in [0.15, 0.2) is 11.6 Å². The zero-order valence-corrected chi connectivity index (χ0v) is 53.6. The molecule has 12 N–H and O–H groups in total. The molecule has 0 aliphatic carbocycles. The van der Waals surface area contributed by atoms with Crippen LogP contribution in [-0.4, -0.2) is 182 Å². The van der Waals surface area contributed by atoms with Crippen LogP contribution >= 0.6 is 0 Å². The van der Waals surface area contributed by atoms with Crippen molar-refractivity contribution >= 4 is 74.7 Å². The van der Waals surface area contributed by atoms with Crippen LogP contribution in [0.5, 0.6) is 0 Å². The van der Waals surface area contributed by atoms with E-state index in [0.717, 1.165) is 37.9 Å². The Morgan fingerprint density at radius 2 is 1.16 bits per heavy atom. The number of rotatable bonds is 56. The molecular formula is C60H101N11O18S. The number of aliphatic carboxylic acids is 2. The number of sulfonamides is 1. The number of nitrogens with zero attached hydrogens (tertiary/aromatic N) is 3. The highest BCUT2D eigenvalue weighted by atomic mass is 32.2. The van der Waals surface area contributed by atoms with Gasteiger partial charge in [-0.05, 0) is 95.4 Å². The zero-order chi connectivity index (χ0) is 66.6. The van der Waals surface area contributed by atoms with Gasteiger partial charge < -0.3 is 61.9 Å². The summed E-state index contributed by atoms with van der Waals surface area (Å²) in [5.74, 6) is -5.53. The number of benzene rings is 1. The van der Waals surface area contributed by atoms with Crippen molar-refractivity contribution in [2.75, 3.05) is 77.4 Å². The van der Waals surface area contributed by atoms with Gasteiger partial charge >= 0.3 is 11.9 Å². The van der Waals surface area contributed by atoms with Gasteiger partial charge in [-0.2, -0.15) is 5.21 Å². The number of aromatic nitrogens is 4. The molecule has 0 saturated carbocycles. The van der Waals surface area contributed by atoms with Gasteiger partial charge in [-0.3, -0.25) is 47.9 Å². The number of H-pyrrole nitrogens is 1. The standard InChI is InChI=1S/C32H49N5O11.C28H52N6O7S/c1-2-21(31(43)44)10-15-27(39)37-26(32(45)46)14-13-24(38)6-5-17-47-18-19-48-20-28(40)36-25(29(34)41)7-3-4-16-35-30(42)22-8-11-23(33)12-9-22;1-25(35)24-41-22-21-40-20-19-29-27(36)18-15-23-42(38,39)32-28(37)17-14-12-10-8-6-4-2-3-5-7-9-11-13-16-26-30-33-34-31-26/h8-9,11-12,21,25-26H,2-7,10,13-20,33H2,1H3,(H2,34,41)(H,35,42)(H,36,40)(H,37,39)(H,43,44)(H,45,46);2-24H2,1H3,(H,29,36)(H,32,37)(H,30,31,33,34). The normalized spacial score (nSPS) is 12.1. The lowest BCUT2D eigenvalue weighted by molar-refractivity contribution is -0.144. The minimum atomic E-state index is -3.75. The first-order chi connectivity index (χ1) is 43.1. The van der Waals surface area contributed by atoms with Gasteiger partial charge in [0.05, 0.1) is 44.7 Å². The molecule has 90 heavy (non-hydrogen) atoms. The van der Waals surface area contributed by atoms with Crippen LogP contribution in [0.2, 0.25) is 0 Å². The molecule has 0 spiro atoms. The first kappa shape index (κ1) is 81.0. The molecule has 29 nitrogen and oxygen atoms in total. The maximum absolute atomic E-state index is 12.2. The lowest BCUT2D eigenvalue weighted by atomic mass is 10.00. The summed E-state index contributed by atoms with van der Waals surface area (Å²) in [6.45, 7) is 4.90. The summed E-state index contributed by atoms with van der Waals surface area (Å²) < 4.78 is 47.3. The van der Waals surface area contributed by atoms with Crippen LogP contribution in [0.25, 0.3) is 0 Å². The van der Waals surface area contributed by atoms with Crippen molar-refractivity contribution in [3.05, 3.63) is 35.7 Å². The third kappa shape index (κ3) is 46.1. The van der Waals surface area contributed by atoms with Gasteiger partial charge in [-0.1, -0.05) is 82.8 Å². The SMILES string of the molecule is CC(=O)COCCOCCNC(=O)CCCS(=O)(=O)NC(=O)CCCCCCCCCCCCCCCc1nn[nH]n1.CCC(CCC(=O)NC(CCC(=O)CCCOCCOCC(=O)NC(CCCCNC(=O)c1ccc(N)cc1)C(N)=O)C(=O)O)C(=O)O. The van der Waals surface area contributed by atoms with Crippen molar-refractivity contribution in [2.45, 2.75) is 199 Å². The monoisotopic (exact) mass is 1300 g/mol. The number of carbonyl (C=O) groups excluding carboxylic acids is 8. The van der Waals surface area contributed by atoms with E-state index in [4.69, 9.17) is 35.5 Å². The van der Waals surface area contributed by atoms with Crippen molar-refractivity contribution in [1.29, 1.82) is 0 Å². The predicted molar refractivity (Wildman–Crippen MR) is 333 cm³/mol. The average molecular weight is 1300 g/mol. The van der Waals surface area contributed by atoms with E-state index in [1.54, 1.807) is 31.2 Å². The van der Waals surface area contributed by atoms with Gasteiger partial charge in [0.25, 0.3) is 5.91 Å². The van der Waals surface area contributed by atoms with Crippen LogP contribution in [0.4, 0.5) is 5.69 Å². The number of nitrogens with one attached hydrogen (secondary N) is 6. The fourth-order valence-corrected chi connectivity index (χ4v) is 9.81. The van der Waals surface area contributed by atoms with E-state index < -0.39 is 63.6 Å². The molecular weight excluding hydrogens is 1190 g/mol. The second kappa shape index (κ2) is 51.7. The number of amides is 6. The van der Waals surface area contributed by atoms with Gasteiger partial charge in [0.2, 0.25) is 39.6 Å². The van der Waals surface area contributed by atoms with Crippen LogP contribution in [0, 0.1) is 5.92 Å². The highest BCUT2D eigenvalue weighted by Gasteiger charge is 2.23. The number of hydrogen-bond donors (Lipinski definition) is 10. The summed E-state index contributed by atoms with van der Waals surface area (Å²) in [7, 11) is -3.75. The van der Waals surface area contributed by atoms with E-state index in [1.165, 1.54) is 58.3 Å². The van der Waals surface area contributed by atoms with Gasteiger partial charge in [0, 0.05) is 69.5 Å². The lowest BCUT2D eigenvalue weighted by Crippen LogP contribution is -2.45. The third-order valence-electron chi connectivity index (χ3n) is 13.8. The van der Waals surface area contributed by atoms with Gasteiger partial charge in [-0.25, -0.2) is 13.2 Å². The summed E-state index contributed by atoms with van der Waals surface area (Å²) in [4.78, 5) is 117. The number of tetrazole rings is 1. The topological polar surface area (TPSA) is 449 Å². The number of anilines is 1. The summed E-state index contributed by atoms with van der Waals surface area (Å²) in [5, 5.41) is 42.7. The summed E-state index contributed by atoms with van der Waals surface area (Å²) in [6, 6.07) is 4.36. The number of nitrogen functional groups attached to an aromatic ring is 1. The van der Waals surface area contributed by atoms with Crippen molar-refractivity contribution in [3.8, 4) is 0 Å². The molecule has 0 bridgehead atoms. The molecule has 1 aromatic heterocycles. The number of aromatic amines is 1. The molecule has 2 aromatic rings. The molecule has 3 atom stereocenters. The molecule has 6 amide bonds. The number of primary amides is 1. The second-order valence-corrected chi connectivity index (χ2v) is 23.6. The molecule has 0 fully saturated rings. The molecule has 0 radical (unpaired) electrons. The van der Waals surface area contributed by atoms with Crippen molar-refractivity contribution < 1.29 is 85.5 Å². The Hall–Kier alpha value is -7.02. The molecule has 510 valence electrons. The molecule has 3 unspecified atom stereocenters. The lowest BCUT2D eigenvalue weighted by Gasteiger charge is -2.16. The Balaban J connectivity index is 0.000000908. The van der Waals surface area contributed by atoms with E-state index in [1.807, 2.05) is 0 Å². The van der Waals surface area contributed by atoms with Crippen molar-refractivity contribution in [2.24, 2.45) is 11.7 Å². The van der Waals surface area contributed by atoms with E-state index in [-0.39, 0.29) is 120 Å². The number of hydrogen-bond acceptors (Lipinski definition) is 20. The number of ether oxygens (including phenoxy) is 4. The van der Waals surface area contributed by atoms with Crippen molar-refractivity contribution in [3.63, 3.8) is 0 Å². The second-order valence-electron chi connectivity index (χ2n) is 21.8. The van der Waals surface area contributed by atoms with Crippen LogP contribution in [0.15, 0.2) is 24.3 Å². The fraction of sp³-hybridized carbons (Fsp3) is 0.717. The maximum atomic E-state index is 12.2. The first-order valence-corrected chi connectivity index (χ1v) is 33.1. The van der Waals surface area contributed by atoms with E-state index in [2.05, 4.69) is 46.6 Å². The molecule has 1 aromatic carbocycles. The highest BCUT2D eigenvalue weighted by molar-refractivity contribution is 7.90. The molecule has 0 saturated heterocycles. The largest absolute Gasteiger partial charge is 0.481 e. The predicted octanol–water partition coefficient (Wildman–Crippen LogP) is 3.93. The maximum Gasteiger partial charge on any atom is 0.326 e. The Morgan fingerprint density at radius 3 is 1.74 bits per heavy atom. The first-order valence-electron chi connectivity index (χ1n) is 31.4. The molecule has 2 rings (SSSR count). The van der Waals surface area contributed by atoms with E-state index in [9.17, 15) is 61.5 Å². The van der Waals surface area contributed by atoms with Crippen LogP contribution in [-0.2, 0) is 78.5 Å². The number of carbonyl (C=O) groups is 10. The molecule has 30 heteroatoms. The number of nitrogens with two attached hydrogens (primary N) is 2.